The van der Waals surface area contributed by atoms with E-state index in [-0.39, 0.29) is 0 Å². The molecule has 3 rings (SSSR count). The molecule has 0 aliphatic heterocycles. The molecule has 1 aliphatic carbocycles. The van der Waals surface area contributed by atoms with Crippen LogP contribution in [-0.2, 0) is 6.54 Å². The minimum atomic E-state index is 0.456. The second-order valence-corrected chi connectivity index (χ2v) is 4.63. The summed E-state index contributed by atoms with van der Waals surface area (Å²) >= 11 is 0. The lowest BCUT2D eigenvalue weighted by atomic mass is 9.92. The molecule has 0 saturated heterocycles. The van der Waals surface area contributed by atoms with Crippen LogP contribution in [0.1, 0.15) is 25.0 Å². The lowest BCUT2D eigenvalue weighted by Crippen LogP contribution is -2.37. The van der Waals surface area contributed by atoms with E-state index >= 15 is 0 Å². The van der Waals surface area contributed by atoms with Gasteiger partial charge in [-0.2, -0.15) is 0 Å². The van der Waals surface area contributed by atoms with Crippen molar-refractivity contribution in [2.45, 2.75) is 31.8 Å². The van der Waals surface area contributed by atoms with Crippen molar-refractivity contribution in [2.24, 2.45) is 5.73 Å². The zero-order valence-corrected chi connectivity index (χ0v) is 10.0. The first-order chi connectivity index (χ1) is 8.28. The fourth-order valence-electron chi connectivity index (χ4n) is 2.17. The Hall–Kier alpha value is -1.62. The molecule has 2 heterocycles. The van der Waals surface area contributed by atoms with Gasteiger partial charge in [0.2, 0.25) is 0 Å². The minimum absolute atomic E-state index is 0.456. The zero-order chi connectivity index (χ0) is 11.8. The van der Waals surface area contributed by atoms with Gasteiger partial charge in [-0.25, -0.2) is 9.50 Å². The fourth-order valence-corrected chi connectivity index (χ4v) is 2.17. The predicted molar refractivity (Wildman–Crippen MR) is 66.9 cm³/mol. The summed E-state index contributed by atoms with van der Waals surface area (Å²) in [7, 11) is 2.11. The van der Waals surface area contributed by atoms with Gasteiger partial charge in [0, 0.05) is 19.6 Å². The monoisotopic (exact) mass is 231 g/mol. The van der Waals surface area contributed by atoms with Gasteiger partial charge in [0.15, 0.2) is 5.65 Å². The van der Waals surface area contributed by atoms with Gasteiger partial charge in [-0.15, -0.1) is 5.10 Å². The van der Waals surface area contributed by atoms with E-state index in [9.17, 15) is 0 Å². The number of hydrogen-bond donors (Lipinski definition) is 1. The van der Waals surface area contributed by atoms with Gasteiger partial charge in [0.25, 0.3) is 0 Å². The highest BCUT2D eigenvalue weighted by atomic mass is 15.3. The Kier molecular flexibility index (Phi) is 2.48. The van der Waals surface area contributed by atoms with Crippen LogP contribution < -0.4 is 10.6 Å². The topological polar surface area (TPSA) is 59.5 Å². The average Bonchev–Trinajstić information content (AvgIpc) is 2.68. The average molecular weight is 231 g/mol. The maximum Gasteiger partial charge on any atom is 0.153 e. The Morgan fingerprint density at radius 2 is 2.29 bits per heavy atom. The quantitative estimate of drug-likeness (QED) is 0.861. The van der Waals surface area contributed by atoms with Crippen LogP contribution in [-0.4, -0.2) is 27.7 Å². The summed E-state index contributed by atoms with van der Waals surface area (Å²) in [4.78, 5) is 6.62. The Bertz CT molecular complexity index is 529. The first kappa shape index (κ1) is 10.5. The van der Waals surface area contributed by atoms with Crippen molar-refractivity contribution in [1.29, 1.82) is 0 Å². The van der Waals surface area contributed by atoms with Crippen molar-refractivity contribution in [3.8, 4) is 0 Å². The number of hydrogen-bond acceptors (Lipinski definition) is 4. The molecular formula is C12H17N5. The van der Waals surface area contributed by atoms with E-state index in [1.165, 1.54) is 19.3 Å². The molecule has 0 atom stereocenters. The molecule has 0 unspecified atom stereocenters. The summed E-state index contributed by atoms with van der Waals surface area (Å²) in [5.74, 6) is 1.00. The van der Waals surface area contributed by atoms with Crippen molar-refractivity contribution in [1.82, 2.24) is 14.6 Å². The molecule has 90 valence electrons. The number of imidazole rings is 1. The van der Waals surface area contributed by atoms with Crippen molar-refractivity contribution in [3.63, 3.8) is 0 Å². The molecule has 17 heavy (non-hydrogen) atoms. The van der Waals surface area contributed by atoms with Crippen LogP contribution in [0.3, 0.4) is 0 Å². The van der Waals surface area contributed by atoms with Crippen LogP contribution in [0.5, 0.6) is 0 Å². The minimum Gasteiger partial charge on any atom is -0.355 e. The lowest BCUT2D eigenvalue weighted by molar-refractivity contribution is 0.398. The molecule has 1 saturated carbocycles. The summed E-state index contributed by atoms with van der Waals surface area (Å²) in [6.07, 6.45) is 5.77. The van der Waals surface area contributed by atoms with E-state index in [4.69, 9.17) is 5.73 Å². The van der Waals surface area contributed by atoms with Crippen LogP contribution in [0.15, 0.2) is 18.3 Å². The molecule has 0 bridgehead atoms. The fraction of sp³-hybridized carbons (Fsp3) is 0.500. The molecule has 2 N–H and O–H groups in total. The Balaban J connectivity index is 1.94. The summed E-state index contributed by atoms with van der Waals surface area (Å²) < 4.78 is 1.81. The summed E-state index contributed by atoms with van der Waals surface area (Å²) in [5, 5.41) is 4.57. The number of nitrogens with zero attached hydrogens (tertiary/aromatic N) is 4. The maximum absolute atomic E-state index is 5.58. The SMILES string of the molecule is CN(c1ccc2nc(CN)cn2n1)C1CCC1. The Labute approximate surface area is 100 Å². The summed E-state index contributed by atoms with van der Waals surface area (Å²) in [6, 6.07) is 4.68. The van der Waals surface area contributed by atoms with Crippen LogP contribution in [0, 0.1) is 0 Å². The number of aromatic nitrogens is 3. The number of rotatable bonds is 3. The molecule has 2 aromatic heterocycles. The Morgan fingerprint density at radius 3 is 2.94 bits per heavy atom. The lowest BCUT2D eigenvalue weighted by Gasteiger charge is -2.35. The highest BCUT2D eigenvalue weighted by molar-refractivity contribution is 5.47. The molecule has 0 spiro atoms. The standard InChI is InChI=1S/C12H17N5/c1-16(10-3-2-4-10)12-6-5-11-14-9(7-13)8-17(11)15-12/h5-6,8,10H,2-4,7,13H2,1H3. The second kappa shape index (κ2) is 4.00. The van der Waals surface area contributed by atoms with Gasteiger partial charge in [-0.3, -0.25) is 0 Å². The highest BCUT2D eigenvalue weighted by Crippen LogP contribution is 2.26. The molecule has 5 heteroatoms. The predicted octanol–water partition coefficient (Wildman–Crippen LogP) is 1.18. The van der Waals surface area contributed by atoms with Crippen LogP contribution in [0.4, 0.5) is 5.82 Å². The zero-order valence-electron chi connectivity index (χ0n) is 10.0. The van der Waals surface area contributed by atoms with Crippen LogP contribution in [0.25, 0.3) is 5.65 Å². The molecular weight excluding hydrogens is 214 g/mol. The van der Waals surface area contributed by atoms with Crippen molar-refractivity contribution in [3.05, 3.63) is 24.0 Å². The summed E-state index contributed by atoms with van der Waals surface area (Å²) in [5.41, 5.74) is 7.31. The van der Waals surface area contributed by atoms with Crippen molar-refractivity contribution < 1.29 is 0 Å². The molecule has 0 aromatic carbocycles. The smallest absolute Gasteiger partial charge is 0.153 e. The third kappa shape index (κ3) is 1.76. The molecule has 2 aromatic rings. The molecule has 1 aliphatic rings. The van der Waals surface area contributed by atoms with E-state index in [1.807, 2.05) is 22.8 Å². The molecule has 0 amide bonds. The van der Waals surface area contributed by atoms with Crippen molar-refractivity contribution >= 4 is 11.5 Å². The summed E-state index contributed by atoms with van der Waals surface area (Å²) in [6.45, 7) is 0.456. The molecule has 1 fully saturated rings. The van der Waals surface area contributed by atoms with E-state index in [2.05, 4.69) is 22.0 Å². The van der Waals surface area contributed by atoms with E-state index in [0.29, 0.717) is 12.6 Å². The normalized spacial score (nSPS) is 16.1. The van der Waals surface area contributed by atoms with Gasteiger partial charge >= 0.3 is 0 Å². The van der Waals surface area contributed by atoms with E-state index in [1.54, 1.807) is 0 Å². The molecule has 5 nitrogen and oxygen atoms in total. The third-order valence-corrected chi connectivity index (χ3v) is 3.55. The third-order valence-electron chi connectivity index (χ3n) is 3.55. The number of nitrogens with two attached hydrogens (primary N) is 1. The first-order valence-corrected chi connectivity index (χ1v) is 6.06. The van der Waals surface area contributed by atoms with E-state index in [0.717, 1.165) is 17.2 Å². The second-order valence-electron chi connectivity index (χ2n) is 4.63. The van der Waals surface area contributed by atoms with Gasteiger partial charge in [0.05, 0.1) is 11.9 Å². The first-order valence-electron chi connectivity index (χ1n) is 6.06. The van der Waals surface area contributed by atoms with Crippen LogP contribution in [0.2, 0.25) is 0 Å². The van der Waals surface area contributed by atoms with Gasteiger partial charge in [-0.05, 0) is 31.4 Å². The van der Waals surface area contributed by atoms with Gasteiger partial charge in [0.1, 0.15) is 5.82 Å². The number of anilines is 1. The Morgan fingerprint density at radius 1 is 1.47 bits per heavy atom. The van der Waals surface area contributed by atoms with Gasteiger partial charge in [-0.1, -0.05) is 0 Å². The largest absolute Gasteiger partial charge is 0.355 e. The van der Waals surface area contributed by atoms with Crippen molar-refractivity contribution in [2.75, 3.05) is 11.9 Å². The van der Waals surface area contributed by atoms with Crippen LogP contribution >= 0.6 is 0 Å². The molecule has 0 radical (unpaired) electrons. The number of fused-ring (bicyclic) bond motifs is 1. The highest BCUT2D eigenvalue weighted by Gasteiger charge is 2.23. The van der Waals surface area contributed by atoms with Gasteiger partial charge < -0.3 is 10.6 Å². The maximum atomic E-state index is 5.58. The van der Waals surface area contributed by atoms with E-state index < -0.39 is 0 Å².